The number of hydrogen-bond donors (Lipinski definition) is 0. The van der Waals surface area contributed by atoms with Crippen molar-refractivity contribution >= 4 is 5.78 Å². The molecule has 0 spiro atoms. The summed E-state index contributed by atoms with van der Waals surface area (Å²) < 4.78 is 0. The molecule has 0 heterocycles. The Labute approximate surface area is 70.8 Å². The molecule has 2 rings (SSSR count). The first kappa shape index (κ1) is 7.50. The van der Waals surface area contributed by atoms with Crippen LogP contribution in [0.5, 0.6) is 0 Å². The summed E-state index contributed by atoms with van der Waals surface area (Å²) in [7, 11) is 0. The third-order valence-electron chi connectivity index (χ3n) is 2.27. The zero-order chi connectivity index (χ0) is 8.55. The molecule has 1 aliphatic rings. The maximum absolute atomic E-state index is 11.4. The van der Waals surface area contributed by atoms with Crippen LogP contribution in [-0.2, 0) is 16.3 Å². The Balaban J connectivity index is 2.48. The number of ketones is 1. The summed E-state index contributed by atoms with van der Waals surface area (Å²) in [6.07, 6.45) is 0.00815. The highest BCUT2D eigenvalue weighted by atomic mass is 16.3. The van der Waals surface area contributed by atoms with Gasteiger partial charge in [-0.05, 0) is 17.5 Å². The minimum absolute atomic E-state index is 0.172. The average Bonchev–Trinajstić information content (AvgIpc) is 2.12. The van der Waals surface area contributed by atoms with E-state index in [4.69, 9.17) is 0 Å². The van der Waals surface area contributed by atoms with Crippen LogP contribution in [0.4, 0.5) is 0 Å². The Morgan fingerprint density at radius 3 is 2.75 bits per heavy atom. The Kier molecular flexibility index (Phi) is 1.70. The van der Waals surface area contributed by atoms with Crippen LogP contribution in [0.15, 0.2) is 24.3 Å². The molecule has 0 aromatic heterocycles. The molecule has 0 fully saturated rings. The first-order chi connectivity index (χ1) is 5.79. The number of Topliss-reactive ketones (excluding diaryl/α,β-unsaturated/α-hetero) is 1. The number of carbonyl (C=O) groups is 1. The summed E-state index contributed by atoms with van der Waals surface area (Å²) >= 11 is 0. The van der Waals surface area contributed by atoms with Gasteiger partial charge in [0.25, 0.3) is 0 Å². The molecule has 1 atom stereocenters. The SMILES string of the molecule is [O]C1C(=O)CCc2ccccc21. The highest BCUT2D eigenvalue weighted by Crippen LogP contribution is 2.26. The van der Waals surface area contributed by atoms with E-state index in [0.717, 1.165) is 12.0 Å². The molecular weight excluding hydrogens is 152 g/mol. The molecule has 0 N–H and O–H groups in total. The summed E-state index contributed by atoms with van der Waals surface area (Å²) in [6.45, 7) is 0. The van der Waals surface area contributed by atoms with Crippen LogP contribution < -0.4 is 0 Å². The molecule has 0 saturated carbocycles. The van der Waals surface area contributed by atoms with Crippen molar-refractivity contribution in [2.75, 3.05) is 0 Å². The highest BCUT2D eigenvalue weighted by molar-refractivity contribution is 5.86. The largest absolute Gasteiger partial charge is 0.296 e. The third-order valence-corrected chi connectivity index (χ3v) is 2.27. The summed E-state index contributed by atoms with van der Waals surface area (Å²) in [5, 5.41) is 11.4. The van der Waals surface area contributed by atoms with Crippen LogP contribution in [0.3, 0.4) is 0 Å². The molecule has 12 heavy (non-hydrogen) atoms. The van der Waals surface area contributed by atoms with Gasteiger partial charge < -0.3 is 0 Å². The van der Waals surface area contributed by atoms with Crippen LogP contribution >= 0.6 is 0 Å². The fraction of sp³-hybridized carbons (Fsp3) is 0.300. The van der Waals surface area contributed by atoms with E-state index >= 15 is 0 Å². The maximum Gasteiger partial charge on any atom is 0.176 e. The number of benzene rings is 1. The smallest absolute Gasteiger partial charge is 0.176 e. The van der Waals surface area contributed by atoms with Crippen molar-refractivity contribution in [1.82, 2.24) is 0 Å². The molecule has 0 bridgehead atoms. The van der Waals surface area contributed by atoms with E-state index in [1.54, 1.807) is 6.07 Å². The first-order valence-corrected chi connectivity index (χ1v) is 4.05. The van der Waals surface area contributed by atoms with Gasteiger partial charge in [-0.25, -0.2) is 5.11 Å². The summed E-state index contributed by atoms with van der Waals surface area (Å²) in [5.41, 5.74) is 1.71. The zero-order valence-corrected chi connectivity index (χ0v) is 6.62. The van der Waals surface area contributed by atoms with Gasteiger partial charge >= 0.3 is 0 Å². The topological polar surface area (TPSA) is 37.0 Å². The maximum atomic E-state index is 11.4. The van der Waals surface area contributed by atoms with E-state index < -0.39 is 6.10 Å². The number of aryl methyl sites for hydroxylation is 1. The van der Waals surface area contributed by atoms with Gasteiger partial charge in [-0.2, -0.15) is 0 Å². The lowest BCUT2D eigenvalue weighted by atomic mass is 9.89. The average molecular weight is 161 g/mol. The fourth-order valence-corrected chi connectivity index (χ4v) is 1.58. The van der Waals surface area contributed by atoms with Crippen molar-refractivity contribution in [1.29, 1.82) is 0 Å². The van der Waals surface area contributed by atoms with E-state index in [0.29, 0.717) is 12.0 Å². The molecular formula is C10H9O2. The summed E-state index contributed by atoms with van der Waals surface area (Å²) in [4.78, 5) is 11.0. The van der Waals surface area contributed by atoms with Gasteiger partial charge in [0.1, 0.15) is 0 Å². The molecule has 61 valence electrons. The number of fused-ring (bicyclic) bond motifs is 1. The van der Waals surface area contributed by atoms with E-state index in [1.807, 2.05) is 18.2 Å². The standard InChI is InChI=1S/C10H9O2/c11-9-6-5-7-3-1-2-4-8(7)10(9)12/h1-4,10H,5-6H2. The van der Waals surface area contributed by atoms with Gasteiger partial charge in [-0.15, -0.1) is 0 Å². The summed E-state index contributed by atoms with van der Waals surface area (Å²) in [5.74, 6) is -0.172. The molecule has 1 aromatic rings. The van der Waals surface area contributed by atoms with Gasteiger partial charge in [0, 0.05) is 6.42 Å². The lowest BCUT2D eigenvalue weighted by Gasteiger charge is -2.17. The molecule has 1 radical (unpaired) electrons. The normalized spacial score (nSPS) is 22.1. The monoisotopic (exact) mass is 161 g/mol. The van der Waals surface area contributed by atoms with Gasteiger partial charge in [0.2, 0.25) is 0 Å². The molecule has 0 saturated heterocycles. The van der Waals surface area contributed by atoms with Crippen molar-refractivity contribution in [3.05, 3.63) is 35.4 Å². The summed E-state index contributed by atoms with van der Waals surface area (Å²) in [6, 6.07) is 7.39. The van der Waals surface area contributed by atoms with Crippen molar-refractivity contribution < 1.29 is 9.90 Å². The Morgan fingerprint density at radius 2 is 1.92 bits per heavy atom. The highest BCUT2D eigenvalue weighted by Gasteiger charge is 2.25. The second-order valence-corrected chi connectivity index (χ2v) is 3.05. The van der Waals surface area contributed by atoms with Crippen molar-refractivity contribution in [3.63, 3.8) is 0 Å². The Morgan fingerprint density at radius 1 is 1.17 bits per heavy atom. The van der Waals surface area contributed by atoms with Crippen molar-refractivity contribution in [3.8, 4) is 0 Å². The minimum Gasteiger partial charge on any atom is -0.296 e. The van der Waals surface area contributed by atoms with Crippen LogP contribution in [0.25, 0.3) is 0 Å². The first-order valence-electron chi connectivity index (χ1n) is 4.05. The fourth-order valence-electron chi connectivity index (χ4n) is 1.58. The van der Waals surface area contributed by atoms with Crippen molar-refractivity contribution in [2.24, 2.45) is 0 Å². The number of rotatable bonds is 0. The van der Waals surface area contributed by atoms with Gasteiger partial charge in [-0.3, -0.25) is 4.79 Å². The van der Waals surface area contributed by atoms with Gasteiger partial charge in [0.05, 0.1) is 0 Å². The van der Waals surface area contributed by atoms with E-state index in [1.165, 1.54) is 0 Å². The second kappa shape index (κ2) is 2.72. The van der Waals surface area contributed by atoms with E-state index in [-0.39, 0.29) is 5.78 Å². The van der Waals surface area contributed by atoms with E-state index in [9.17, 15) is 9.90 Å². The molecule has 1 unspecified atom stereocenters. The van der Waals surface area contributed by atoms with Gasteiger partial charge in [0.15, 0.2) is 11.9 Å². The van der Waals surface area contributed by atoms with E-state index in [2.05, 4.69) is 0 Å². The Bertz CT molecular complexity index is 317. The molecule has 1 aliphatic carbocycles. The van der Waals surface area contributed by atoms with Gasteiger partial charge in [-0.1, -0.05) is 24.3 Å². The van der Waals surface area contributed by atoms with Crippen molar-refractivity contribution in [2.45, 2.75) is 18.9 Å². The zero-order valence-electron chi connectivity index (χ0n) is 6.62. The molecule has 1 aromatic carbocycles. The van der Waals surface area contributed by atoms with Crippen LogP contribution in [0, 0.1) is 0 Å². The molecule has 2 nitrogen and oxygen atoms in total. The third kappa shape index (κ3) is 1.04. The second-order valence-electron chi connectivity index (χ2n) is 3.05. The predicted octanol–water partition coefficient (Wildman–Crippen LogP) is 1.67. The predicted molar refractivity (Wildman–Crippen MR) is 43.2 cm³/mol. The van der Waals surface area contributed by atoms with Crippen LogP contribution in [-0.4, -0.2) is 5.78 Å². The molecule has 2 heteroatoms. The lowest BCUT2D eigenvalue weighted by molar-refractivity contribution is -0.131. The lowest BCUT2D eigenvalue weighted by Crippen LogP contribution is -2.18. The van der Waals surface area contributed by atoms with Crippen LogP contribution in [0.1, 0.15) is 23.7 Å². The number of hydrogen-bond acceptors (Lipinski definition) is 1. The molecule has 0 aliphatic heterocycles. The quantitative estimate of drug-likeness (QED) is 0.570. The number of carbonyl (C=O) groups excluding carboxylic acids is 1. The Hall–Kier alpha value is -1.15. The minimum atomic E-state index is -1.13. The van der Waals surface area contributed by atoms with Crippen LogP contribution in [0.2, 0.25) is 0 Å². The molecule has 0 amide bonds.